The van der Waals surface area contributed by atoms with E-state index < -0.39 is 0 Å². The van der Waals surface area contributed by atoms with Gasteiger partial charge in [0.1, 0.15) is 5.75 Å². The number of ether oxygens (including phenoxy) is 1. The number of methoxy groups -OCH3 is 1. The van der Waals surface area contributed by atoms with Gasteiger partial charge >= 0.3 is 0 Å². The molecule has 4 rings (SSSR count). The van der Waals surface area contributed by atoms with Crippen LogP contribution < -0.4 is 4.74 Å². The molecule has 0 aromatic heterocycles. The highest BCUT2D eigenvalue weighted by molar-refractivity contribution is 5.98. The smallest absolute Gasteiger partial charge is 0.167 e. The van der Waals surface area contributed by atoms with Gasteiger partial charge in [0, 0.05) is 18.0 Å². The molecule has 0 N–H and O–H groups in total. The van der Waals surface area contributed by atoms with E-state index in [-0.39, 0.29) is 5.92 Å². The summed E-state index contributed by atoms with van der Waals surface area (Å²) < 4.78 is 5.12. The van der Waals surface area contributed by atoms with E-state index in [0.29, 0.717) is 11.7 Å². The third-order valence-corrected chi connectivity index (χ3v) is 4.37. The largest absolute Gasteiger partial charge is 0.497 e. The maximum absolute atomic E-state index is 12.5. The van der Waals surface area contributed by atoms with Gasteiger partial charge in [-0.1, -0.05) is 0 Å². The molecule has 3 aliphatic rings. The SMILES string of the molecule is COc1ccc(C(=O)C2CN3CCC2CC3)cc1. The van der Waals surface area contributed by atoms with Crippen molar-refractivity contribution in [3.8, 4) is 5.75 Å². The lowest BCUT2D eigenvalue weighted by Gasteiger charge is -2.44. The van der Waals surface area contributed by atoms with Gasteiger partial charge in [-0.05, 0) is 56.1 Å². The van der Waals surface area contributed by atoms with Crippen LogP contribution in [-0.2, 0) is 0 Å². The summed E-state index contributed by atoms with van der Waals surface area (Å²) in [4.78, 5) is 14.9. The molecule has 0 radical (unpaired) electrons. The Hall–Kier alpha value is -1.35. The summed E-state index contributed by atoms with van der Waals surface area (Å²) in [6.45, 7) is 3.31. The van der Waals surface area contributed by atoms with Crippen LogP contribution in [0.1, 0.15) is 23.2 Å². The number of hydrogen-bond donors (Lipinski definition) is 0. The molecule has 0 spiro atoms. The number of fused-ring (bicyclic) bond motifs is 3. The van der Waals surface area contributed by atoms with Crippen LogP contribution in [0.4, 0.5) is 0 Å². The minimum atomic E-state index is 0.209. The van der Waals surface area contributed by atoms with Crippen LogP contribution in [0.25, 0.3) is 0 Å². The van der Waals surface area contributed by atoms with E-state index >= 15 is 0 Å². The second-order valence-corrected chi connectivity index (χ2v) is 5.34. The minimum Gasteiger partial charge on any atom is -0.497 e. The summed E-state index contributed by atoms with van der Waals surface area (Å²) in [6, 6.07) is 7.51. The van der Waals surface area contributed by atoms with Crippen LogP contribution in [0.5, 0.6) is 5.75 Å². The maximum Gasteiger partial charge on any atom is 0.167 e. The summed E-state index contributed by atoms with van der Waals surface area (Å²) >= 11 is 0. The fourth-order valence-corrected chi connectivity index (χ4v) is 3.23. The molecule has 96 valence electrons. The predicted molar refractivity (Wildman–Crippen MR) is 70.0 cm³/mol. The van der Waals surface area contributed by atoms with E-state index in [1.165, 1.54) is 25.9 Å². The van der Waals surface area contributed by atoms with Gasteiger partial charge < -0.3 is 9.64 Å². The summed E-state index contributed by atoms with van der Waals surface area (Å²) in [5, 5.41) is 0. The average Bonchev–Trinajstić information content (AvgIpc) is 2.48. The molecule has 3 heterocycles. The Bertz CT molecular complexity index is 432. The third-order valence-electron chi connectivity index (χ3n) is 4.37. The molecule has 1 aromatic rings. The number of nitrogens with zero attached hydrogens (tertiary/aromatic N) is 1. The monoisotopic (exact) mass is 245 g/mol. The second-order valence-electron chi connectivity index (χ2n) is 5.34. The van der Waals surface area contributed by atoms with Crippen molar-refractivity contribution in [1.82, 2.24) is 4.90 Å². The van der Waals surface area contributed by atoms with Crippen LogP contribution in [0.2, 0.25) is 0 Å². The van der Waals surface area contributed by atoms with Crippen LogP contribution in [-0.4, -0.2) is 37.4 Å². The number of carbonyl (C=O) groups excluding carboxylic acids is 1. The summed E-state index contributed by atoms with van der Waals surface area (Å²) in [5.74, 6) is 1.93. The highest BCUT2D eigenvalue weighted by atomic mass is 16.5. The first-order chi connectivity index (χ1) is 8.78. The first kappa shape index (κ1) is 11.7. The molecule has 0 aliphatic carbocycles. The number of piperidine rings is 3. The average molecular weight is 245 g/mol. The fraction of sp³-hybridized carbons (Fsp3) is 0.533. The van der Waals surface area contributed by atoms with Gasteiger partial charge in [-0.3, -0.25) is 4.79 Å². The minimum absolute atomic E-state index is 0.209. The van der Waals surface area contributed by atoms with Crippen LogP contribution >= 0.6 is 0 Å². The van der Waals surface area contributed by atoms with Gasteiger partial charge in [-0.2, -0.15) is 0 Å². The van der Waals surface area contributed by atoms with Crippen molar-refractivity contribution in [2.45, 2.75) is 12.8 Å². The van der Waals surface area contributed by atoms with E-state index in [4.69, 9.17) is 4.74 Å². The van der Waals surface area contributed by atoms with Crippen LogP contribution in [0.3, 0.4) is 0 Å². The molecule has 1 aromatic carbocycles. The van der Waals surface area contributed by atoms with E-state index in [1.54, 1.807) is 7.11 Å². The molecular weight excluding hydrogens is 226 g/mol. The van der Waals surface area contributed by atoms with Crippen molar-refractivity contribution < 1.29 is 9.53 Å². The number of rotatable bonds is 3. The first-order valence-corrected chi connectivity index (χ1v) is 6.68. The molecule has 18 heavy (non-hydrogen) atoms. The molecule has 0 amide bonds. The van der Waals surface area contributed by atoms with Gasteiger partial charge in [-0.15, -0.1) is 0 Å². The highest BCUT2D eigenvalue weighted by Gasteiger charge is 2.38. The quantitative estimate of drug-likeness (QED) is 0.765. The Kier molecular flexibility index (Phi) is 3.08. The summed E-state index contributed by atoms with van der Waals surface area (Å²) in [7, 11) is 1.64. The maximum atomic E-state index is 12.5. The van der Waals surface area contributed by atoms with Crippen molar-refractivity contribution in [2.75, 3.05) is 26.7 Å². The lowest BCUT2D eigenvalue weighted by molar-refractivity contribution is 0.0419. The third kappa shape index (κ3) is 2.03. The Balaban J connectivity index is 1.77. The van der Waals surface area contributed by atoms with Crippen molar-refractivity contribution >= 4 is 5.78 Å². The standard InChI is InChI=1S/C15H19NO2/c1-18-13-4-2-12(3-5-13)15(17)14-10-16-8-6-11(14)7-9-16/h2-5,11,14H,6-10H2,1H3. The number of carbonyl (C=O) groups is 1. The summed E-state index contributed by atoms with van der Waals surface area (Å²) in [6.07, 6.45) is 2.37. The number of Topliss-reactive ketones (excluding diaryl/α,β-unsaturated/α-hetero) is 1. The van der Waals surface area contributed by atoms with E-state index in [0.717, 1.165) is 17.9 Å². The van der Waals surface area contributed by atoms with Gasteiger partial charge in [0.15, 0.2) is 5.78 Å². The molecule has 3 aliphatic heterocycles. The predicted octanol–water partition coefficient (Wildman–Crippen LogP) is 2.22. The van der Waals surface area contributed by atoms with Crippen molar-refractivity contribution in [1.29, 1.82) is 0 Å². The molecule has 1 unspecified atom stereocenters. The Morgan fingerprint density at radius 2 is 1.89 bits per heavy atom. The first-order valence-electron chi connectivity index (χ1n) is 6.68. The van der Waals surface area contributed by atoms with E-state index in [2.05, 4.69) is 4.90 Å². The Morgan fingerprint density at radius 1 is 1.22 bits per heavy atom. The topological polar surface area (TPSA) is 29.5 Å². The Labute approximate surface area is 108 Å². The van der Waals surface area contributed by atoms with Crippen LogP contribution in [0, 0.1) is 11.8 Å². The molecule has 3 heteroatoms. The van der Waals surface area contributed by atoms with Crippen molar-refractivity contribution in [2.24, 2.45) is 11.8 Å². The van der Waals surface area contributed by atoms with E-state index in [9.17, 15) is 4.79 Å². The van der Waals surface area contributed by atoms with E-state index in [1.807, 2.05) is 24.3 Å². The lowest BCUT2D eigenvalue weighted by Crippen LogP contribution is -2.50. The Morgan fingerprint density at radius 3 is 2.39 bits per heavy atom. The van der Waals surface area contributed by atoms with Crippen molar-refractivity contribution in [3.05, 3.63) is 29.8 Å². The van der Waals surface area contributed by atoms with Crippen molar-refractivity contribution in [3.63, 3.8) is 0 Å². The summed E-state index contributed by atoms with van der Waals surface area (Å²) in [5.41, 5.74) is 0.828. The van der Waals surface area contributed by atoms with Gasteiger partial charge in [0.2, 0.25) is 0 Å². The molecule has 3 saturated heterocycles. The van der Waals surface area contributed by atoms with Gasteiger partial charge in [0.25, 0.3) is 0 Å². The van der Waals surface area contributed by atoms with Gasteiger partial charge in [-0.25, -0.2) is 0 Å². The number of ketones is 1. The normalized spacial score (nSPS) is 30.2. The fourth-order valence-electron chi connectivity index (χ4n) is 3.23. The molecule has 2 bridgehead atoms. The molecular formula is C15H19NO2. The number of benzene rings is 1. The molecule has 0 saturated carbocycles. The lowest BCUT2D eigenvalue weighted by atomic mass is 9.75. The molecule has 1 atom stereocenters. The number of hydrogen-bond acceptors (Lipinski definition) is 3. The molecule has 3 nitrogen and oxygen atoms in total. The van der Waals surface area contributed by atoms with Gasteiger partial charge in [0.05, 0.1) is 7.11 Å². The van der Waals surface area contributed by atoms with Crippen LogP contribution in [0.15, 0.2) is 24.3 Å². The zero-order valence-electron chi connectivity index (χ0n) is 10.8. The zero-order valence-corrected chi connectivity index (χ0v) is 10.8. The molecule has 3 fully saturated rings. The zero-order chi connectivity index (χ0) is 12.5. The highest BCUT2D eigenvalue weighted by Crippen LogP contribution is 2.34. The second kappa shape index (κ2) is 4.73.